The number of rotatable bonds is 3. The Balaban J connectivity index is 1.56. The van der Waals surface area contributed by atoms with Gasteiger partial charge in [0, 0.05) is 17.0 Å². The smallest absolute Gasteiger partial charge is 0.140 e. The lowest BCUT2D eigenvalue weighted by Crippen LogP contribution is -2.08. The number of ketones is 1. The first-order chi connectivity index (χ1) is 8.84. The van der Waals surface area contributed by atoms with E-state index >= 15 is 0 Å². The van der Waals surface area contributed by atoms with Crippen LogP contribution in [0.1, 0.15) is 24.8 Å². The van der Waals surface area contributed by atoms with E-state index in [0.717, 1.165) is 11.8 Å². The molecule has 2 fully saturated rings. The van der Waals surface area contributed by atoms with Gasteiger partial charge in [0.05, 0.1) is 0 Å². The number of fused-ring (bicyclic) bond motifs is 2. The minimum atomic E-state index is 0.414. The molecule has 0 aliphatic heterocycles. The third-order valence-electron chi connectivity index (χ3n) is 4.70. The Morgan fingerprint density at radius 2 is 2.00 bits per heavy atom. The van der Waals surface area contributed by atoms with Crippen molar-refractivity contribution in [2.75, 3.05) is 0 Å². The van der Waals surface area contributed by atoms with Crippen LogP contribution >= 0.6 is 11.3 Å². The summed E-state index contributed by atoms with van der Waals surface area (Å²) in [6.45, 7) is 0. The SMILES string of the molecule is O=C(Cc1csc2ccccc12)C1C2CCCC21. The van der Waals surface area contributed by atoms with E-state index in [9.17, 15) is 4.79 Å². The predicted octanol–water partition coefficient (Wildman–Crippen LogP) is 4.06. The molecule has 1 aromatic heterocycles. The summed E-state index contributed by atoms with van der Waals surface area (Å²) in [4.78, 5) is 12.3. The van der Waals surface area contributed by atoms with E-state index in [1.165, 1.54) is 34.9 Å². The van der Waals surface area contributed by atoms with Crippen molar-refractivity contribution in [2.45, 2.75) is 25.7 Å². The molecule has 2 saturated carbocycles. The molecule has 2 aromatic rings. The van der Waals surface area contributed by atoms with Crippen LogP contribution in [0, 0.1) is 17.8 Å². The van der Waals surface area contributed by atoms with Gasteiger partial charge in [-0.1, -0.05) is 24.6 Å². The third kappa shape index (κ3) is 1.55. The number of Topliss-reactive ketones (excluding diaryl/α,β-unsaturated/α-hetero) is 1. The summed E-state index contributed by atoms with van der Waals surface area (Å²) in [5.74, 6) is 2.41. The molecule has 2 unspecified atom stereocenters. The zero-order valence-electron chi connectivity index (χ0n) is 10.3. The normalized spacial score (nSPS) is 29.4. The van der Waals surface area contributed by atoms with Crippen molar-refractivity contribution in [1.82, 2.24) is 0 Å². The van der Waals surface area contributed by atoms with E-state index in [0.29, 0.717) is 18.1 Å². The lowest BCUT2D eigenvalue weighted by Gasteiger charge is -2.02. The lowest BCUT2D eigenvalue weighted by molar-refractivity contribution is -0.120. The molecule has 0 saturated heterocycles. The van der Waals surface area contributed by atoms with Crippen molar-refractivity contribution >= 4 is 27.2 Å². The van der Waals surface area contributed by atoms with Gasteiger partial charge in [0.2, 0.25) is 0 Å². The average Bonchev–Trinajstić information content (AvgIpc) is 2.78. The first-order valence-corrected chi connectivity index (χ1v) is 7.70. The highest BCUT2D eigenvalue weighted by atomic mass is 32.1. The molecule has 0 spiro atoms. The Labute approximate surface area is 111 Å². The van der Waals surface area contributed by atoms with Gasteiger partial charge in [-0.25, -0.2) is 0 Å². The molecule has 2 atom stereocenters. The average molecular weight is 256 g/mol. The molecule has 1 aromatic carbocycles. The van der Waals surface area contributed by atoms with Crippen molar-refractivity contribution in [1.29, 1.82) is 0 Å². The molecule has 1 nitrogen and oxygen atoms in total. The first kappa shape index (κ1) is 10.7. The minimum absolute atomic E-state index is 0.414. The molecule has 2 aliphatic carbocycles. The molecule has 0 bridgehead atoms. The molecule has 2 aliphatic rings. The second-order valence-corrected chi connectivity index (χ2v) is 6.60. The van der Waals surface area contributed by atoms with Crippen LogP contribution in [0.2, 0.25) is 0 Å². The fourth-order valence-electron chi connectivity index (χ4n) is 3.77. The number of hydrogen-bond acceptors (Lipinski definition) is 2. The van der Waals surface area contributed by atoms with Gasteiger partial charge < -0.3 is 0 Å². The highest BCUT2D eigenvalue weighted by Crippen LogP contribution is 2.58. The van der Waals surface area contributed by atoms with Crippen molar-refractivity contribution < 1.29 is 4.79 Å². The quantitative estimate of drug-likeness (QED) is 0.809. The minimum Gasteiger partial charge on any atom is -0.299 e. The number of benzene rings is 1. The van der Waals surface area contributed by atoms with E-state index < -0.39 is 0 Å². The molecule has 0 radical (unpaired) electrons. The second kappa shape index (κ2) is 3.92. The van der Waals surface area contributed by atoms with Gasteiger partial charge in [-0.05, 0) is 47.1 Å². The summed E-state index contributed by atoms with van der Waals surface area (Å²) in [7, 11) is 0. The van der Waals surface area contributed by atoms with Gasteiger partial charge in [0.15, 0.2) is 0 Å². The van der Waals surface area contributed by atoms with Crippen LogP contribution in [-0.4, -0.2) is 5.78 Å². The van der Waals surface area contributed by atoms with Gasteiger partial charge in [0.25, 0.3) is 0 Å². The fourth-order valence-corrected chi connectivity index (χ4v) is 4.74. The molecular weight excluding hydrogens is 240 g/mol. The Kier molecular flexibility index (Phi) is 2.34. The van der Waals surface area contributed by atoms with Crippen LogP contribution in [0.15, 0.2) is 29.6 Å². The topological polar surface area (TPSA) is 17.1 Å². The molecule has 0 N–H and O–H groups in total. The van der Waals surface area contributed by atoms with Gasteiger partial charge in [-0.15, -0.1) is 11.3 Å². The maximum atomic E-state index is 12.3. The van der Waals surface area contributed by atoms with Gasteiger partial charge >= 0.3 is 0 Å². The Bertz CT molecular complexity index is 602. The van der Waals surface area contributed by atoms with Crippen LogP contribution in [-0.2, 0) is 11.2 Å². The van der Waals surface area contributed by atoms with E-state index in [1.807, 2.05) is 0 Å². The van der Waals surface area contributed by atoms with Crippen LogP contribution in [0.5, 0.6) is 0 Å². The number of thiophene rings is 1. The van der Waals surface area contributed by atoms with Crippen LogP contribution in [0.25, 0.3) is 10.1 Å². The number of carbonyl (C=O) groups is 1. The number of carbonyl (C=O) groups excluding carboxylic acids is 1. The summed E-state index contributed by atoms with van der Waals surface area (Å²) in [6.07, 6.45) is 4.60. The maximum Gasteiger partial charge on any atom is 0.140 e. The Morgan fingerprint density at radius 1 is 1.22 bits per heavy atom. The predicted molar refractivity (Wildman–Crippen MR) is 74.9 cm³/mol. The molecular formula is C16H16OS. The van der Waals surface area contributed by atoms with E-state index in [4.69, 9.17) is 0 Å². The lowest BCUT2D eigenvalue weighted by atomic mass is 10.0. The maximum absolute atomic E-state index is 12.3. The second-order valence-electron chi connectivity index (χ2n) is 5.68. The zero-order chi connectivity index (χ0) is 12.1. The molecule has 4 rings (SSSR count). The largest absolute Gasteiger partial charge is 0.299 e. The fraction of sp³-hybridized carbons (Fsp3) is 0.438. The summed E-state index contributed by atoms with van der Waals surface area (Å²) >= 11 is 1.76. The van der Waals surface area contributed by atoms with Crippen molar-refractivity contribution in [3.63, 3.8) is 0 Å². The van der Waals surface area contributed by atoms with E-state index in [2.05, 4.69) is 29.6 Å². The van der Waals surface area contributed by atoms with Crippen molar-refractivity contribution in [3.05, 3.63) is 35.2 Å². The zero-order valence-corrected chi connectivity index (χ0v) is 11.1. The summed E-state index contributed by atoms with van der Waals surface area (Å²) in [6, 6.07) is 8.41. The van der Waals surface area contributed by atoms with Crippen molar-refractivity contribution in [3.8, 4) is 0 Å². The molecule has 92 valence electrons. The molecule has 0 amide bonds. The highest BCUT2D eigenvalue weighted by molar-refractivity contribution is 7.17. The monoisotopic (exact) mass is 256 g/mol. The highest BCUT2D eigenvalue weighted by Gasteiger charge is 2.55. The van der Waals surface area contributed by atoms with Crippen LogP contribution < -0.4 is 0 Å². The summed E-state index contributed by atoms with van der Waals surface area (Å²) < 4.78 is 1.30. The number of hydrogen-bond donors (Lipinski definition) is 0. The van der Waals surface area contributed by atoms with Gasteiger partial charge in [-0.2, -0.15) is 0 Å². The van der Waals surface area contributed by atoms with E-state index in [-0.39, 0.29) is 0 Å². The summed E-state index contributed by atoms with van der Waals surface area (Å²) in [5, 5.41) is 3.45. The molecule has 18 heavy (non-hydrogen) atoms. The van der Waals surface area contributed by atoms with Gasteiger partial charge in [-0.3, -0.25) is 4.79 Å². The third-order valence-corrected chi connectivity index (χ3v) is 5.72. The summed E-state index contributed by atoms with van der Waals surface area (Å²) in [5.41, 5.74) is 1.24. The van der Waals surface area contributed by atoms with Crippen molar-refractivity contribution in [2.24, 2.45) is 17.8 Å². The van der Waals surface area contributed by atoms with Crippen LogP contribution in [0.4, 0.5) is 0 Å². The van der Waals surface area contributed by atoms with E-state index in [1.54, 1.807) is 11.3 Å². The van der Waals surface area contributed by atoms with Gasteiger partial charge in [0.1, 0.15) is 5.78 Å². The Hall–Kier alpha value is -1.15. The first-order valence-electron chi connectivity index (χ1n) is 6.82. The molecule has 2 heteroatoms. The Morgan fingerprint density at radius 3 is 2.83 bits per heavy atom. The standard InChI is InChI=1S/C16H16OS/c17-14(16-12-5-3-6-13(12)16)8-10-9-18-15-7-2-1-4-11(10)15/h1-2,4,7,9,12-13,16H,3,5-6,8H2. The molecule has 1 heterocycles. The van der Waals surface area contributed by atoms with Crippen LogP contribution in [0.3, 0.4) is 0 Å².